The molecule has 66 valence electrons. The number of carbonyl (C=O) groups excluding carboxylic acids is 1. The zero-order valence-corrected chi connectivity index (χ0v) is 7.68. The summed E-state index contributed by atoms with van der Waals surface area (Å²) in [5.74, 6) is 0.444. The van der Waals surface area contributed by atoms with E-state index < -0.39 is 0 Å². The van der Waals surface area contributed by atoms with E-state index in [4.69, 9.17) is 4.74 Å². The lowest BCUT2D eigenvalue weighted by molar-refractivity contribution is 0.146. The second-order valence-electron chi connectivity index (χ2n) is 2.90. The Morgan fingerprint density at radius 3 is 2.36 bits per heavy atom. The summed E-state index contributed by atoms with van der Waals surface area (Å²) in [5.41, 5.74) is 0. The number of ether oxygens (including phenoxy) is 1. The molecular formula is C8H17NO2. The zero-order chi connectivity index (χ0) is 8.85. The first-order valence-corrected chi connectivity index (χ1v) is 4.01. The van der Waals surface area contributed by atoms with Crippen LogP contribution in [0.25, 0.3) is 0 Å². The monoisotopic (exact) mass is 159 g/mol. The molecule has 0 radical (unpaired) electrons. The van der Waals surface area contributed by atoms with Gasteiger partial charge in [0.1, 0.15) is 0 Å². The van der Waals surface area contributed by atoms with E-state index in [1.165, 1.54) is 0 Å². The average Bonchev–Trinajstić information content (AvgIpc) is 1.87. The SMILES string of the molecule is CCOC(=O)NC(C)C(C)C. The van der Waals surface area contributed by atoms with Gasteiger partial charge in [-0.25, -0.2) is 4.79 Å². The van der Waals surface area contributed by atoms with Gasteiger partial charge in [0, 0.05) is 6.04 Å². The van der Waals surface area contributed by atoms with Gasteiger partial charge in [-0.15, -0.1) is 0 Å². The van der Waals surface area contributed by atoms with Gasteiger partial charge in [0.2, 0.25) is 0 Å². The molecule has 0 heterocycles. The highest BCUT2D eigenvalue weighted by atomic mass is 16.5. The Bertz CT molecular complexity index is 123. The molecule has 0 aromatic rings. The van der Waals surface area contributed by atoms with Crippen LogP contribution in [-0.2, 0) is 4.74 Å². The van der Waals surface area contributed by atoms with Gasteiger partial charge < -0.3 is 10.1 Å². The summed E-state index contributed by atoms with van der Waals surface area (Å²) < 4.78 is 4.71. The maximum atomic E-state index is 10.8. The van der Waals surface area contributed by atoms with Crippen molar-refractivity contribution in [3.8, 4) is 0 Å². The molecule has 11 heavy (non-hydrogen) atoms. The van der Waals surface area contributed by atoms with Crippen molar-refractivity contribution in [1.82, 2.24) is 5.32 Å². The molecule has 0 saturated carbocycles. The number of alkyl carbamates (subject to hydrolysis) is 1. The summed E-state index contributed by atoms with van der Waals surface area (Å²) >= 11 is 0. The minimum absolute atomic E-state index is 0.175. The summed E-state index contributed by atoms with van der Waals surface area (Å²) in [5, 5.41) is 2.72. The average molecular weight is 159 g/mol. The third-order valence-corrected chi connectivity index (χ3v) is 1.62. The van der Waals surface area contributed by atoms with Gasteiger partial charge in [-0.2, -0.15) is 0 Å². The van der Waals surface area contributed by atoms with Gasteiger partial charge in [0.05, 0.1) is 6.61 Å². The molecular weight excluding hydrogens is 142 g/mol. The largest absolute Gasteiger partial charge is 0.450 e. The van der Waals surface area contributed by atoms with Crippen LogP contribution in [0, 0.1) is 5.92 Å². The number of hydrogen-bond acceptors (Lipinski definition) is 2. The lowest BCUT2D eigenvalue weighted by Gasteiger charge is -2.16. The molecule has 0 spiro atoms. The molecule has 1 N–H and O–H groups in total. The summed E-state index contributed by atoms with van der Waals surface area (Å²) in [6.45, 7) is 8.28. The summed E-state index contributed by atoms with van der Waals surface area (Å²) in [4.78, 5) is 10.8. The van der Waals surface area contributed by atoms with Crippen LogP contribution in [0.4, 0.5) is 4.79 Å². The molecule has 1 unspecified atom stereocenters. The van der Waals surface area contributed by atoms with Crippen molar-refractivity contribution in [1.29, 1.82) is 0 Å². The van der Waals surface area contributed by atoms with Crippen molar-refractivity contribution in [2.75, 3.05) is 6.61 Å². The fourth-order valence-corrected chi connectivity index (χ4v) is 0.525. The second kappa shape index (κ2) is 4.99. The Labute approximate surface area is 68.1 Å². The topological polar surface area (TPSA) is 38.3 Å². The second-order valence-corrected chi connectivity index (χ2v) is 2.90. The first-order chi connectivity index (χ1) is 5.07. The van der Waals surface area contributed by atoms with Crippen LogP contribution in [-0.4, -0.2) is 18.7 Å². The standard InChI is InChI=1S/C8H17NO2/c1-5-11-8(10)9-7(4)6(2)3/h6-7H,5H2,1-4H3,(H,9,10). The van der Waals surface area contributed by atoms with E-state index in [0.29, 0.717) is 12.5 Å². The van der Waals surface area contributed by atoms with Gasteiger partial charge in [-0.3, -0.25) is 0 Å². The molecule has 0 aliphatic rings. The van der Waals surface area contributed by atoms with E-state index in [-0.39, 0.29) is 12.1 Å². The zero-order valence-electron chi connectivity index (χ0n) is 7.68. The maximum absolute atomic E-state index is 10.8. The van der Waals surface area contributed by atoms with Crippen molar-refractivity contribution >= 4 is 6.09 Å². The summed E-state index contributed by atoms with van der Waals surface area (Å²) in [7, 11) is 0. The maximum Gasteiger partial charge on any atom is 0.407 e. The van der Waals surface area contributed by atoms with Crippen molar-refractivity contribution in [3.63, 3.8) is 0 Å². The number of amides is 1. The van der Waals surface area contributed by atoms with Gasteiger partial charge in [-0.05, 0) is 19.8 Å². The molecule has 0 aromatic heterocycles. The fourth-order valence-electron chi connectivity index (χ4n) is 0.525. The molecule has 0 saturated heterocycles. The molecule has 0 rings (SSSR count). The number of carbonyl (C=O) groups is 1. The van der Waals surface area contributed by atoms with E-state index in [1.54, 1.807) is 6.92 Å². The van der Waals surface area contributed by atoms with E-state index in [0.717, 1.165) is 0 Å². The predicted octanol–water partition coefficient (Wildman–Crippen LogP) is 1.78. The number of rotatable bonds is 3. The molecule has 1 atom stereocenters. The Hall–Kier alpha value is -0.730. The first kappa shape index (κ1) is 10.3. The molecule has 0 aliphatic carbocycles. The lowest BCUT2D eigenvalue weighted by atomic mass is 10.1. The third kappa shape index (κ3) is 4.65. The van der Waals surface area contributed by atoms with Crippen LogP contribution >= 0.6 is 0 Å². The van der Waals surface area contributed by atoms with Gasteiger partial charge in [-0.1, -0.05) is 13.8 Å². The van der Waals surface area contributed by atoms with Crippen molar-refractivity contribution in [3.05, 3.63) is 0 Å². The number of nitrogens with one attached hydrogen (secondary N) is 1. The molecule has 0 aliphatic heterocycles. The first-order valence-electron chi connectivity index (χ1n) is 4.01. The van der Waals surface area contributed by atoms with E-state index >= 15 is 0 Å². The Morgan fingerprint density at radius 1 is 1.45 bits per heavy atom. The quantitative estimate of drug-likeness (QED) is 0.681. The van der Waals surface area contributed by atoms with Crippen LogP contribution in [0.5, 0.6) is 0 Å². The highest BCUT2D eigenvalue weighted by Gasteiger charge is 2.10. The third-order valence-electron chi connectivity index (χ3n) is 1.62. The lowest BCUT2D eigenvalue weighted by Crippen LogP contribution is -2.36. The Balaban J connectivity index is 3.57. The Morgan fingerprint density at radius 2 is 2.00 bits per heavy atom. The predicted molar refractivity (Wildman–Crippen MR) is 44.5 cm³/mol. The minimum Gasteiger partial charge on any atom is -0.450 e. The van der Waals surface area contributed by atoms with Crippen LogP contribution in [0.1, 0.15) is 27.7 Å². The summed E-state index contributed by atoms with van der Waals surface area (Å²) in [6, 6.07) is 0.175. The molecule has 3 nitrogen and oxygen atoms in total. The minimum atomic E-state index is -0.325. The summed E-state index contributed by atoms with van der Waals surface area (Å²) in [6.07, 6.45) is -0.325. The van der Waals surface area contributed by atoms with Crippen LogP contribution < -0.4 is 5.32 Å². The van der Waals surface area contributed by atoms with Crippen molar-refractivity contribution < 1.29 is 9.53 Å². The normalized spacial score (nSPS) is 12.8. The number of hydrogen-bond donors (Lipinski definition) is 1. The van der Waals surface area contributed by atoms with E-state index in [2.05, 4.69) is 19.2 Å². The van der Waals surface area contributed by atoms with Gasteiger partial charge in [0.15, 0.2) is 0 Å². The van der Waals surface area contributed by atoms with Crippen molar-refractivity contribution in [2.24, 2.45) is 5.92 Å². The molecule has 1 amide bonds. The highest BCUT2D eigenvalue weighted by Crippen LogP contribution is 1.99. The van der Waals surface area contributed by atoms with Crippen LogP contribution in [0.3, 0.4) is 0 Å². The van der Waals surface area contributed by atoms with Crippen molar-refractivity contribution in [2.45, 2.75) is 33.7 Å². The Kier molecular flexibility index (Phi) is 4.66. The van der Waals surface area contributed by atoms with E-state index in [9.17, 15) is 4.79 Å². The molecule has 0 fully saturated rings. The fraction of sp³-hybridized carbons (Fsp3) is 0.875. The molecule has 0 aromatic carbocycles. The van der Waals surface area contributed by atoms with Crippen LogP contribution in [0.2, 0.25) is 0 Å². The molecule has 0 bridgehead atoms. The molecule has 3 heteroatoms. The van der Waals surface area contributed by atoms with Gasteiger partial charge >= 0.3 is 6.09 Å². The van der Waals surface area contributed by atoms with Gasteiger partial charge in [0.25, 0.3) is 0 Å². The van der Waals surface area contributed by atoms with Crippen LogP contribution in [0.15, 0.2) is 0 Å². The van der Waals surface area contributed by atoms with E-state index in [1.807, 2.05) is 6.92 Å². The smallest absolute Gasteiger partial charge is 0.407 e. The highest BCUT2D eigenvalue weighted by molar-refractivity contribution is 5.67.